The van der Waals surface area contributed by atoms with Crippen LogP contribution in [0.15, 0.2) is 12.2 Å². The molecule has 0 aromatic heterocycles. The number of carboxylic acid groups (broad SMARTS) is 1. The normalized spacial score (nSPS) is 25.0. The minimum Gasteiger partial charge on any atom is -0.481 e. The van der Waals surface area contributed by atoms with E-state index in [2.05, 4.69) is 6.58 Å². The minimum absolute atomic E-state index is 0.0862. The smallest absolute Gasteiger partial charge is 0.306 e. The van der Waals surface area contributed by atoms with Gasteiger partial charge in [-0.3, -0.25) is 9.59 Å². The number of rotatable bonds is 5. The summed E-state index contributed by atoms with van der Waals surface area (Å²) in [5.74, 6) is -1.01. The SMILES string of the molecule is C=C(CCC(=O)O)CC1(C)CCC(=O)O1. The number of carbonyl (C=O) groups excluding carboxylic acids is 1. The second-order valence-corrected chi connectivity index (χ2v) is 4.24. The minimum atomic E-state index is -0.829. The van der Waals surface area contributed by atoms with Gasteiger partial charge in [0.15, 0.2) is 0 Å². The van der Waals surface area contributed by atoms with E-state index in [1.165, 1.54) is 0 Å². The van der Waals surface area contributed by atoms with Crippen molar-refractivity contribution >= 4 is 11.9 Å². The van der Waals surface area contributed by atoms with E-state index in [1.807, 2.05) is 6.92 Å². The molecule has 0 radical (unpaired) electrons. The molecule has 0 saturated carbocycles. The molecule has 15 heavy (non-hydrogen) atoms. The molecule has 1 atom stereocenters. The van der Waals surface area contributed by atoms with Gasteiger partial charge in [0.2, 0.25) is 0 Å². The molecular formula is C11H16O4. The summed E-state index contributed by atoms with van der Waals surface area (Å²) in [6, 6.07) is 0. The highest BCUT2D eigenvalue weighted by Crippen LogP contribution is 2.32. The lowest BCUT2D eigenvalue weighted by molar-refractivity contribution is -0.147. The van der Waals surface area contributed by atoms with E-state index in [1.54, 1.807) is 0 Å². The molecule has 1 N–H and O–H groups in total. The van der Waals surface area contributed by atoms with Gasteiger partial charge in [-0.1, -0.05) is 12.2 Å². The molecule has 0 aromatic carbocycles. The third-order valence-corrected chi connectivity index (χ3v) is 2.53. The standard InChI is InChI=1S/C11H16O4/c1-8(3-4-9(12)13)7-11(2)6-5-10(14)15-11/h1,3-7H2,2H3,(H,12,13). The van der Waals surface area contributed by atoms with Gasteiger partial charge in [-0.25, -0.2) is 0 Å². The zero-order valence-electron chi connectivity index (χ0n) is 8.91. The molecule has 0 bridgehead atoms. The van der Waals surface area contributed by atoms with Crippen molar-refractivity contribution in [3.63, 3.8) is 0 Å². The first-order valence-electron chi connectivity index (χ1n) is 5.01. The number of aliphatic carboxylic acids is 1. The van der Waals surface area contributed by atoms with Crippen LogP contribution in [0.1, 0.15) is 39.0 Å². The van der Waals surface area contributed by atoms with Gasteiger partial charge in [0.05, 0.1) is 0 Å². The van der Waals surface area contributed by atoms with Gasteiger partial charge in [-0.05, 0) is 19.8 Å². The number of hydrogen-bond donors (Lipinski definition) is 1. The van der Waals surface area contributed by atoms with E-state index in [0.29, 0.717) is 25.7 Å². The van der Waals surface area contributed by atoms with Crippen LogP contribution in [0.3, 0.4) is 0 Å². The summed E-state index contributed by atoms with van der Waals surface area (Å²) in [5.41, 5.74) is 0.363. The lowest BCUT2D eigenvalue weighted by Crippen LogP contribution is -2.24. The van der Waals surface area contributed by atoms with Crippen LogP contribution in [-0.4, -0.2) is 22.6 Å². The maximum atomic E-state index is 11.0. The number of carboxylic acids is 1. The van der Waals surface area contributed by atoms with Crippen LogP contribution < -0.4 is 0 Å². The van der Waals surface area contributed by atoms with E-state index >= 15 is 0 Å². The van der Waals surface area contributed by atoms with Crippen molar-refractivity contribution in [3.05, 3.63) is 12.2 Å². The maximum Gasteiger partial charge on any atom is 0.306 e. The Labute approximate surface area is 88.9 Å². The van der Waals surface area contributed by atoms with Crippen LogP contribution in [0.4, 0.5) is 0 Å². The zero-order valence-corrected chi connectivity index (χ0v) is 8.91. The Morgan fingerprint density at radius 1 is 1.60 bits per heavy atom. The fourth-order valence-corrected chi connectivity index (χ4v) is 1.77. The zero-order chi connectivity index (χ0) is 11.5. The van der Waals surface area contributed by atoms with Crippen LogP contribution in [0.2, 0.25) is 0 Å². The van der Waals surface area contributed by atoms with Gasteiger partial charge < -0.3 is 9.84 Å². The van der Waals surface area contributed by atoms with Crippen LogP contribution in [0, 0.1) is 0 Å². The molecule has 0 spiro atoms. The Morgan fingerprint density at radius 2 is 2.27 bits per heavy atom. The molecule has 1 saturated heterocycles. The Hall–Kier alpha value is -1.32. The second kappa shape index (κ2) is 4.47. The number of carbonyl (C=O) groups is 2. The molecule has 1 fully saturated rings. The summed E-state index contributed by atoms with van der Waals surface area (Å²) in [5, 5.41) is 8.50. The summed E-state index contributed by atoms with van der Waals surface area (Å²) in [7, 11) is 0. The summed E-state index contributed by atoms with van der Waals surface area (Å²) in [4.78, 5) is 21.3. The van der Waals surface area contributed by atoms with Crippen molar-refractivity contribution in [1.82, 2.24) is 0 Å². The Bertz CT molecular complexity index is 295. The summed E-state index contributed by atoms with van der Waals surface area (Å²) < 4.78 is 5.18. The number of esters is 1. The Morgan fingerprint density at radius 3 is 2.73 bits per heavy atom. The fourth-order valence-electron chi connectivity index (χ4n) is 1.77. The molecule has 1 unspecified atom stereocenters. The first kappa shape index (κ1) is 11.8. The maximum absolute atomic E-state index is 11.0. The van der Waals surface area contributed by atoms with Crippen LogP contribution in [0.25, 0.3) is 0 Å². The molecule has 1 heterocycles. The molecule has 1 aliphatic heterocycles. The molecule has 4 heteroatoms. The average Bonchev–Trinajstić information content (AvgIpc) is 2.42. The van der Waals surface area contributed by atoms with Gasteiger partial charge in [0, 0.05) is 19.3 Å². The first-order valence-corrected chi connectivity index (χ1v) is 5.01. The predicted molar refractivity (Wildman–Crippen MR) is 54.4 cm³/mol. The van der Waals surface area contributed by atoms with Gasteiger partial charge in [-0.2, -0.15) is 0 Å². The quantitative estimate of drug-likeness (QED) is 0.558. The third kappa shape index (κ3) is 3.73. The van der Waals surface area contributed by atoms with E-state index in [9.17, 15) is 9.59 Å². The second-order valence-electron chi connectivity index (χ2n) is 4.24. The fraction of sp³-hybridized carbons (Fsp3) is 0.636. The lowest BCUT2D eigenvalue weighted by Gasteiger charge is -2.23. The van der Waals surface area contributed by atoms with E-state index < -0.39 is 11.6 Å². The molecule has 1 rings (SSSR count). The van der Waals surface area contributed by atoms with Gasteiger partial charge in [0.25, 0.3) is 0 Å². The number of hydrogen-bond acceptors (Lipinski definition) is 3. The highest BCUT2D eigenvalue weighted by Gasteiger charge is 2.35. The Balaban J connectivity index is 2.37. The first-order chi connectivity index (χ1) is 6.91. The van der Waals surface area contributed by atoms with E-state index in [0.717, 1.165) is 5.57 Å². The highest BCUT2D eigenvalue weighted by molar-refractivity contribution is 5.72. The number of ether oxygens (including phenoxy) is 1. The Kier molecular flexibility index (Phi) is 3.50. The van der Waals surface area contributed by atoms with Crippen molar-refractivity contribution < 1.29 is 19.4 Å². The van der Waals surface area contributed by atoms with Crippen molar-refractivity contribution in [3.8, 4) is 0 Å². The van der Waals surface area contributed by atoms with E-state index in [-0.39, 0.29) is 12.4 Å². The van der Waals surface area contributed by atoms with Gasteiger partial charge in [0.1, 0.15) is 5.60 Å². The molecule has 0 aromatic rings. The summed E-state index contributed by atoms with van der Waals surface area (Å²) in [6.07, 6.45) is 2.23. The number of cyclic esters (lactones) is 1. The van der Waals surface area contributed by atoms with Crippen molar-refractivity contribution in [2.45, 2.75) is 44.6 Å². The summed E-state index contributed by atoms with van der Waals surface area (Å²) >= 11 is 0. The van der Waals surface area contributed by atoms with Crippen molar-refractivity contribution in [2.24, 2.45) is 0 Å². The van der Waals surface area contributed by atoms with Crippen LogP contribution in [0.5, 0.6) is 0 Å². The molecule has 1 aliphatic rings. The predicted octanol–water partition coefficient (Wildman–Crippen LogP) is 1.89. The monoisotopic (exact) mass is 212 g/mol. The van der Waals surface area contributed by atoms with E-state index in [4.69, 9.17) is 9.84 Å². The largest absolute Gasteiger partial charge is 0.481 e. The molecule has 4 nitrogen and oxygen atoms in total. The van der Waals surface area contributed by atoms with Crippen molar-refractivity contribution in [1.29, 1.82) is 0 Å². The summed E-state index contributed by atoms with van der Waals surface area (Å²) in [6.45, 7) is 5.67. The van der Waals surface area contributed by atoms with Crippen molar-refractivity contribution in [2.75, 3.05) is 0 Å². The average molecular weight is 212 g/mol. The molecule has 84 valence electrons. The topological polar surface area (TPSA) is 63.6 Å². The molecular weight excluding hydrogens is 196 g/mol. The third-order valence-electron chi connectivity index (χ3n) is 2.53. The molecule has 0 amide bonds. The van der Waals surface area contributed by atoms with Crippen LogP contribution >= 0.6 is 0 Å². The van der Waals surface area contributed by atoms with Gasteiger partial charge in [-0.15, -0.1) is 0 Å². The molecule has 0 aliphatic carbocycles. The lowest BCUT2D eigenvalue weighted by atomic mass is 9.92. The highest BCUT2D eigenvalue weighted by atomic mass is 16.6. The van der Waals surface area contributed by atoms with Gasteiger partial charge >= 0.3 is 11.9 Å². The van der Waals surface area contributed by atoms with Crippen LogP contribution in [-0.2, 0) is 14.3 Å².